The van der Waals surface area contributed by atoms with Crippen LogP contribution in [0.5, 0.6) is 5.75 Å². The first-order valence-corrected chi connectivity index (χ1v) is 4.68. The van der Waals surface area contributed by atoms with Crippen LogP contribution in [0.15, 0.2) is 6.20 Å². The van der Waals surface area contributed by atoms with Crippen LogP contribution in [0.4, 0.5) is 0 Å². The SMILES string of the molecule is COc1cnn(CC(C)(C)C)c1C(=O)O. The molecule has 0 saturated carbocycles. The molecular weight excluding hydrogens is 196 g/mol. The normalized spacial score (nSPS) is 11.5. The minimum atomic E-state index is -1.02. The maximum absolute atomic E-state index is 11.0. The predicted molar refractivity (Wildman–Crippen MR) is 55.2 cm³/mol. The summed E-state index contributed by atoms with van der Waals surface area (Å²) >= 11 is 0. The van der Waals surface area contributed by atoms with E-state index in [1.807, 2.05) is 20.8 Å². The van der Waals surface area contributed by atoms with Gasteiger partial charge in [0.25, 0.3) is 0 Å². The largest absolute Gasteiger partial charge is 0.493 e. The standard InChI is InChI=1S/C10H16N2O3/c1-10(2,3)6-12-8(9(13)14)7(15-4)5-11-12/h5H,6H2,1-4H3,(H,13,14). The molecule has 0 amide bonds. The van der Waals surface area contributed by atoms with E-state index in [4.69, 9.17) is 9.84 Å². The van der Waals surface area contributed by atoms with Crippen LogP contribution in [0.2, 0.25) is 0 Å². The van der Waals surface area contributed by atoms with Crippen molar-refractivity contribution < 1.29 is 14.6 Å². The zero-order valence-corrected chi connectivity index (χ0v) is 9.44. The van der Waals surface area contributed by atoms with E-state index >= 15 is 0 Å². The summed E-state index contributed by atoms with van der Waals surface area (Å²) in [5, 5.41) is 13.0. The molecule has 0 aromatic carbocycles. The molecule has 1 rings (SSSR count). The Hall–Kier alpha value is -1.52. The zero-order chi connectivity index (χ0) is 11.6. The Labute approximate surface area is 88.7 Å². The van der Waals surface area contributed by atoms with Gasteiger partial charge in [0.2, 0.25) is 0 Å². The molecule has 5 heteroatoms. The third kappa shape index (κ3) is 2.71. The van der Waals surface area contributed by atoms with E-state index in [0.717, 1.165) is 0 Å². The molecule has 1 heterocycles. The molecule has 0 bridgehead atoms. The van der Waals surface area contributed by atoms with Crippen LogP contribution < -0.4 is 4.74 Å². The average Bonchev–Trinajstić information content (AvgIpc) is 2.44. The second-order valence-electron chi connectivity index (χ2n) is 4.59. The number of carboxylic acids is 1. The fourth-order valence-electron chi connectivity index (χ4n) is 1.30. The van der Waals surface area contributed by atoms with Gasteiger partial charge in [0, 0.05) is 6.54 Å². The Balaban J connectivity index is 3.08. The van der Waals surface area contributed by atoms with Crippen LogP contribution in [-0.4, -0.2) is 28.0 Å². The minimum Gasteiger partial charge on any atom is -0.493 e. The Morgan fingerprint density at radius 2 is 2.20 bits per heavy atom. The molecule has 5 nitrogen and oxygen atoms in total. The lowest BCUT2D eigenvalue weighted by atomic mass is 9.97. The van der Waals surface area contributed by atoms with Crippen LogP contribution >= 0.6 is 0 Å². The van der Waals surface area contributed by atoms with Gasteiger partial charge in [-0.1, -0.05) is 20.8 Å². The lowest BCUT2D eigenvalue weighted by molar-refractivity contribution is 0.0676. The molecule has 84 valence electrons. The number of carboxylic acid groups (broad SMARTS) is 1. The van der Waals surface area contributed by atoms with E-state index in [0.29, 0.717) is 12.3 Å². The highest BCUT2D eigenvalue weighted by Crippen LogP contribution is 2.22. The van der Waals surface area contributed by atoms with Gasteiger partial charge in [-0.25, -0.2) is 4.79 Å². The van der Waals surface area contributed by atoms with Crippen LogP contribution in [0.25, 0.3) is 0 Å². The maximum Gasteiger partial charge on any atom is 0.358 e. The molecule has 15 heavy (non-hydrogen) atoms. The van der Waals surface area contributed by atoms with Gasteiger partial charge in [-0.2, -0.15) is 5.10 Å². The topological polar surface area (TPSA) is 64.4 Å². The third-order valence-corrected chi connectivity index (χ3v) is 1.85. The summed E-state index contributed by atoms with van der Waals surface area (Å²) in [7, 11) is 1.44. The highest BCUT2D eigenvalue weighted by molar-refractivity contribution is 5.88. The first-order chi connectivity index (χ1) is 6.85. The van der Waals surface area contributed by atoms with Crippen LogP contribution in [-0.2, 0) is 6.54 Å². The number of ether oxygens (including phenoxy) is 1. The molecule has 0 radical (unpaired) electrons. The van der Waals surface area contributed by atoms with Gasteiger partial charge in [0.15, 0.2) is 11.4 Å². The fourth-order valence-corrected chi connectivity index (χ4v) is 1.30. The van der Waals surface area contributed by atoms with Crippen molar-refractivity contribution in [2.75, 3.05) is 7.11 Å². The summed E-state index contributed by atoms with van der Waals surface area (Å²) < 4.78 is 6.40. The van der Waals surface area contributed by atoms with Crippen molar-refractivity contribution in [3.05, 3.63) is 11.9 Å². The van der Waals surface area contributed by atoms with Gasteiger partial charge in [-0.3, -0.25) is 4.68 Å². The summed E-state index contributed by atoms with van der Waals surface area (Å²) in [4.78, 5) is 11.0. The second kappa shape index (κ2) is 3.92. The summed E-state index contributed by atoms with van der Waals surface area (Å²) in [5.41, 5.74) is 0.0775. The summed E-state index contributed by atoms with van der Waals surface area (Å²) in [6, 6.07) is 0. The van der Waals surface area contributed by atoms with Crippen molar-refractivity contribution in [2.24, 2.45) is 5.41 Å². The first-order valence-electron chi connectivity index (χ1n) is 4.68. The van der Waals surface area contributed by atoms with Crippen molar-refractivity contribution in [3.63, 3.8) is 0 Å². The lowest BCUT2D eigenvalue weighted by Crippen LogP contribution is -2.20. The van der Waals surface area contributed by atoms with Gasteiger partial charge in [-0.15, -0.1) is 0 Å². The van der Waals surface area contributed by atoms with Gasteiger partial charge in [-0.05, 0) is 5.41 Å². The van der Waals surface area contributed by atoms with Crippen LogP contribution in [0.1, 0.15) is 31.3 Å². The number of aromatic nitrogens is 2. The molecule has 0 aliphatic carbocycles. The molecule has 0 fully saturated rings. The second-order valence-corrected chi connectivity index (χ2v) is 4.59. The van der Waals surface area contributed by atoms with E-state index in [9.17, 15) is 4.79 Å². The molecule has 0 spiro atoms. The van der Waals surface area contributed by atoms with E-state index in [1.54, 1.807) is 0 Å². The molecule has 0 aliphatic heterocycles. The molecule has 0 atom stereocenters. The molecular formula is C10H16N2O3. The smallest absolute Gasteiger partial charge is 0.358 e. The lowest BCUT2D eigenvalue weighted by Gasteiger charge is -2.18. The summed E-state index contributed by atoms with van der Waals surface area (Å²) in [5.74, 6) is -0.722. The average molecular weight is 212 g/mol. The highest BCUT2D eigenvalue weighted by atomic mass is 16.5. The van der Waals surface area contributed by atoms with E-state index < -0.39 is 5.97 Å². The van der Waals surface area contributed by atoms with E-state index in [-0.39, 0.29) is 11.1 Å². The number of methoxy groups -OCH3 is 1. The Morgan fingerprint density at radius 3 is 2.60 bits per heavy atom. The number of carbonyl (C=O) groups is 1. The number of nitrogens with zero attached hydrogens (tertiary/aromatic N) is 2. The Morgan fingerprint density at radius 1 is 1.60 bits per heavy atom. The van der Waals surface area contributed by atoms with Crippen molar-refractivity contribution in [2.45, 2.75) is 27.3 Å². The first kappa shape index (κ1) is 11.6. The van der Waals surface area contributed by atoms with Crippen molar-refractivity contribution >= 4 is 5.97 Å². The minimum absolute atomic E-state index is 0.0266. The molecule has 1 aromatic heterocycles. The van der Waals surface area contributed by atoms with Crippen LogP contribution in [0.3, 0.4) is 0 Å². The van der Waals surface area contributed by atoms with Crippen LogP contribution in [0, 0.1) is 5.41 Å². The molecule has 0 aliphatic rings. The zero-order valence-electron chi connectivity index (χ0n) is 9.44. The predicted octanol–water partition coefficient (Wildman–Crippen LogP) is 1.64. The Bertz CT molecular complexity index is 363. The number of aromatic carboxylic acids is 1. The number of rotatable bonds is 3. The van der Waals surface area contributed by atoms with Crippen molar-refractivity contribution in [3.8, 4) is 5.75 Å². The molecule has 0 saturated heterocycles. The molecule has 1 aromatic rings. The highest BCUT2D eigenvalue weighted by Gasteiger charge is 2.22. The fraction of sp³-hybridized carbons (Fsp3) is 0.600. The molecule has 0 unspecified atom stereocenters. The van der Waals surface area contributed by atoms with Gasteiger partial charge in [0.05, 0.1) is 13.3 Å². The Kier molecular flexibility index (Phi) is 3.02. The third-order valence-electron chi connectivity index (χ3n) is 1.85. The van der Waals surface area contributed by atoms with E-state index in [1.165, 1.54) is 18.0 Å². The van der Waals surface area contributed by atoms with Gasteiger partial charge in [0.1, 0.15) is 0 Å². The van der Waals surface area contributed by atoms with Crippen molar-refractivity contribution in [1.29, 1.82) is 0 Å². The summed E-state index contributed by atoms with van der Waals surface area (Å²) in [6.07, 6.45) is 1.43. The van der Waals surface area contributed by atoms with Crippen molar-refractivity contribution in [1.82, 2.24) is 9.78 Å². The van der Waals surface area contributed by atoms with Gasteiger partial charge < -0.3 is 9.84 Å². The maximum atomic E-state index is 11.0. The number of hydrogen-bond donors (Lipinski definition) is 1. The van der Waals surface area contributed by atoms with Gasteiger partial charge >= 0.3 is 5.97 Å². The van der Waals surface area contributed by atoms with E-state index in [2.05, 4.69) is 5.10 Å². The monoisotopic (exact) mass is 212 g/mol. The summed E-state index contributed by atoms with van der Waals surface area (Å²) in [6.45, 7) is 6.60. The molecule has 1 N–H and O–H groups in total. The quantitative estimate of drug-likeness (QED) is 0.827. The number of hydrogen-bond acceptors (Lipinski definition) is 3.